The molecule has 2 aliphatic heterocycles. The van der Waals surface area contributed by atoms with Crippen LogP contribution in [0.1, 0.15) is 27.2 Å². The Balaban J connectivity index is 1.66. The zero-order valence-corrected chi connectivity index (χ0v) is 13.4. The molecule has 0 aromatic carbocycles. The van der Waals surface area contributed by atoms with E-state index in [1.54, 1.807) is 6.20 Å². The maximum absolute atomic E-state index is 12.2. The molecule has 0 saturated carbocycles. The molecular formula is C16H24N4O2. The molecule has 1 aromatic rings. The van der Waals surface area contributed by atoms with Crippen LogP contribution in [-0.2, 0) is 4.74 Å². The summed E-state index contributed by atoms with van der Waals surface area (Å²) in [6.07, 6.45) is 2.48. The maximum Gasteiger partial charge on any atom is 0.410 e. The smallest absolute Gasteiger partial charge is 0.410 e. The highest BCUT2D eigenvalue weighted by atomic mass is 16.6. The van der Waals surface area contributed by atoms with Gasteiger partial charge in [0.15, 0.2) is 0 Å². The van der Waals surface area contributed by atoms with Crippen LogP contribution >= 0.6 is 0 Å². The van der Waals surface area contributed by atoms with Gasteiger partial charge in [-0.15, -0.1) is 0 Å². The van der Waals surface area contributed by atoms with E-state index in [1.807, 2.05) is 37.8 Å². The monoisotopic (exact) mass is 304 g/mol. The van der Waals surface area contributed by atoms with Crippen molar-refractivity contribution in [3.05, 3.63) is 18.3 Å². The van der Waals surface area contributed by atoms with Crippen LogP contribution in [0, 0.1) is 5.92 Å². The number of aromatic nitrogens is 1. The molecule has 22 heavy (non-hydrogen) atoms. The molecule has 3 rings (SSSR count). The molecule has 120 valence electrons. The molecule has 0 bridgehead atoms. The maximum atomic E-state index is 12.2. The van der Waals surface area contributed by atoms with E-state index >= 15 is 0 Å². The minimum atomic E-state index is -0.450. The number of amides is 1. The second-order valence-corrected chi connectivity index (χ2v) is 7.01. The average Bonchev–Trinajstić information content (AvgIpc) is 2.63. The third-order valence-corrected chi connectivity index (χ3v) is 4.07. The lowest BCUT2D eigenvalue weighted by Gasteiger charge is -2.38. The molecule has 2 aliphatic rings. The fourth-order valence-corrected chi connectivity index (χ4v) is 3.00. The number of hydrogen-bond donors (Lipinski definition) is 2. The molecule has 2 unspecified atom stereocenters. The first-order valence-corrected chi connectivity index (χ1v) is 7.86. The number of piperidine rings is 1. The Kier molecular flexibility index (Phi) is 3.85. The molecule has 1 aromatic heterocycles. The van der Waals surface area contributed by atoms with Gasteiger partial charge >= 0.3 is 6.09 Å². The summed E-state index contributed by atoms with van der Waals surface area (Å²) in [6.45, 7) is 7.94. The third kappa shape index (κ3) is 3.26. The van der Waals surface area contributed by atoms with Gasteiger partial charge in [0.2, 0.25) is 0 Å². The van der Waals surface area contributed by atoms with Gasteiger partial charge < -0.3 is 20.3 Å². The molecule has 1 saturated heterocycles. The predicted octanol–water partition coefficient (Wildman–Crippen LogP) is 2.54. The van der Waals surface area contributed by atoms with Crippen molar-refractivity contribution in [1.82, 2.24) is 9.88 Å². The zero-order valence-electron chi connectivity index (χ0n) is 13.4. The minimum Gasteiger partial charge on any atom is -0.444 e. The molecule has 2 atom stereocenters. The van der Waals surface area contributed by atoms with Crippen molar-refractivity contribution in [2.75, 3.05) is 30.3 Å². The molecule has 1 fully saturated rings. The van der Waals surface area contributed by atoms with Gasteiger partial charge in [0.05, 0.1) is 5.69 Å². The standard InChI is InChI=1S/C16H24N4O2/c1-16(2,3)22-15(21)20-8-6-12-11(10-20)9-18-13-5-4-7-17-14(13)19-12/h4-5,7,11-12,18H,6,8-10H2,1-3H3,(H,17,19). The van der Waals surface area contributed by atoms with E-state index in [0.29, 0.717) is 25.0 Å². The van der Waals surface area contributed by atoms with Crippen molar-refractivity contribution in [3.63, 3.8) is 0 Å². The highest BCUT2D eigenvalue weighted by Crippen LogP contribution is 2.29. The lowest BCUT2D eigenvalue weighted by molar-refractivity contribution is 0.0163. The summed E-state index contributed by atoms with van der Waals surface area (Å²) < 4.78 is 5.48. The first-order valence-electron chi connectivity index (χ1n) is 7.86. The Bertz CT molecular complexity index is 555. The molecule has 6 heteroatoms. The van der Waals surface area contributed by atoms with Gasteiger partial charge in [0.1, 0.15) is 11.4 Å². The highest BCUT2D eigenvalue weighted by molar-refractivity contribution is 5.69. The normalized spacial score (nSPS) is 24.2. The van der Waals surface area contributed by atoms with E-state index in [9.17, 15) is 4.79 Å². The van der Waals surface area contributed by atoms with Gasteiger partial charge in [0, 0.05) is 37.8 Å². The molecule has 6 nitrogen and oxygen atoms in total. The van der Waals surface area contributed by atoms with Crippen LogP contribution in [0.15, 0.2) is 18.3 Å². The van der Waals surface area contributed by atoms with E-state index in [-0.39, 0.29) is 6.09 Å². The summed E-state index contributed by atoms with van der Waals surface area (Å²) in [6, 6.07) is 4.29. The van der Waals surface area contributed by atoms with Crippen molar-refractivity contribution in [2.24, 2.45) is 5.92 Å². The Morgan fingerprint density at radius 1 is 1.45 bits per heavy atom. The summed E-state index contributed by atoms with van der Waals surface area (Å²) in [7, 11) is 0. The molecule has 1 amide bonds. The molecule has 3 heterocycles. The van der Waals surface area contributed by atoms with Gasteiger partial charge in [-0.25, -0.2) is 9.78 Å². The van der Waals surface area contributed by atoms with Gasteiger partial charge in [-0.1, -0.05) is 0 Å². The van der Waals surface area contributed by atoms with Crippen molar-refractivity contribution in [3.8, 4) is 0 Å². The van der Waals surface area contributed by atoms with E-state index in [0.717, 1.165) is 24.5 Å². The number of nitrogens with zero attached hydrogens (tertiary/aromatic N) is 2. The van der Waals surface area contributed by atoms with Gasteiger partial charge in [-0.3, -0.25) is 0 Å². The van der Waals surface area contributed by atoms with Crippen molar-refractivity contribution in [1.29, 1.82) is 0 Å². The van der Waals surface area contributed by atoms with Crippen LogP contribution in [0.25, 0.3) is 0 Å². The Labute approximate surface area is 131 Å². The first-order chi connectivity index (χ1) is 10.4. The molecular weight excluding hydrogens is 280 g/mol. The van der Waals surface area contributed by atoms with E-state index in [1.165, 1.54) is 0 Å². The van der Waals surface area contributed by atoms with Crippen LogP contribution in [0.3, 0.4) is 0 Å². The van der Waals surface area contributed by atoms with Crippen LogP contribution in [-0.4, -0.2) is 47.3 Å². The fraction of sp³-hybridized carbons (Fsp3) is 0.625. The Morgan fingerprint density at radius 3 is 3.05 bits per heavy atom. The van der Waals surface area contributed by atoms with E-state index in [4.69, 9.17) is 4.74 Å². The number of carbonyl (C=O) groups excluding carboxylic acids is 1. The number of pyridine rings is 1. The summed E-state index contributed by atoms with van der Waals surface area (Å²) in [4.78, 5) is 18.5. The quantitative estimate of drug-likeness (QED) is 0.771. The fourth-order valence-electron chi connectivity index (χ4n) is 3.00. The average molecular weight is 304 g/mol. The predicted molar refractivity (Wildman–Crippen MR) is 86.1 cm³/mol. The number of hydrogen-bond acceptors (Lipinski definition) is 5. The zero-order chi connectivity index (χ0) is 15.7. The van der Waals surface area contributed by atoms with Crippen LogP contribution in [0.4, 0.5) is 16.3 Å². The number of likely N-dealkylation sites (tertiary alicyclic amines) is 1. The summed E-state index contributed by atoms with van der Waals surface area (Å²) in [5.41, 5.74) is 0.578. The molecule has 0 spiro atoms. The SMILES string of the molecule is CC(C)(C)OC(=O)N1CCC2Nc3ncccc3NCC2C1. The Morgan fingerprint density at radius 2 is 2.27 bits per heavy atom. The highest BCUT2D eigenvalue weighted by Gasteiger charge is 2.35. The lowest BCUT2D eigenvalue weighted by atomic mass is 9.92. The molecule has 2 N–H and O–H groups in total. The van der Waals surface area contributed by atoms with E-state index < -0.39 is 5.60 Å². The number of nitrogens with one attached hydrogen (secondary N) is 2. The topological polar surface area (TPSA) is 66.5 Å². The van der Waals surface area contributed by atoms with Crippen molar-refractivity contribution < 1.29 is 9.53 Å². The number of rotatable bonds is 0. The number of ether oxygens (including phenoxy) is 1. The van der Waals surface area contributed by atoms with Crippen molar-refractivity contribution in [2.45, 2.75) is 38.8 Å². The third-order valence-electron chi connectivity index (χ3n) is 4.07. The van der Waals surface area contributed by atoms with E-state index in [2.05, 4.69) is 15.6 Å². The van der Waals surface area contributed by atoms with Gasteiger partial charge in [-0.05, 0) is 39.3 Å². The lowest BCUT2D eigenvalue weighted by Crippen LogP contribution is -2.51. The van der Waals surface area contributed by atoms with Crippen LogP contribution in [0.2, 0.25) is 0 Å². The van der Waals surface area contributed by atoms with Crippen LogP contribution < -0.4 is 10.6 Å². The number of carbonyl (C=O) groups is 1. The first kappa shape index (κ1) is 14.9. The molecule has 0 aliphatic carbocycles. The number of fused-ring (bicyclic) bond motifs is 2. The second-order valence-electron chi connectivity index (χ2n) is 7.01. The van der Waals surface area contributed by atoms with Gasteiger partial charge in [0.25, 0.3) is 0 Å². The molecule has 0 radical (unpaired) electrons. The summed E-state index contributed by atoms with van der Waals surface area (Å²) in [5.74, 6) is 1.25. The summed E-state index contributed by atoms with van der Waals surface area (Å²) >= 11 is 0. The van der Waals surface area contributed by atoms with Gasteiger partial charge in [-0.2, -0.15) is 0 Å². The van der Waals surface area contributed by atoms with Crippen molar-refractivity contribution >= 4 is 17.6 Å². The van der Waals surface area contributed by atoms with Crippen LogP contribution in [0.5, 0.6) is 0 Å². The number of anilines is 2. The largest absolute Gasteiger partial charge is 0.444 e. The summed E-state index contributed by atoms with van der Waals surface area (Å²) in [5, 5.41) is 6.94. The minimum absolute atomic E-state index is 0.217. The second kappa shape index (κ2) is 5.66. The Hall–Kier alpha value is -1.98.